The van der Waals surface area contributed by atoms with Crippen LogP contribution < -0.4 is 0 Å². The smallest absolute Gasteiger partial charge is 0.323 e. The molecule has 1 aliphatic rings. The summed E-state index contributed by atoms with van der Waals surface area (Å²) in [6.45, 7) is 3.96. The van der Waals surface area contributed by atoms with Crippen LogP contribution in [0, 0.1) is 5.41 Å². The third-order valence-electron chi connectivity index (χ3n) is 3.11. The summed E-state index contributed by atoms with van der Waals surface area (Å²) in [5.41, 5.74) is 0.934. The highest BCUT2D eigenvalue weighted by Crippen LogP contribution is 2.39. The topological polar surface area (TPSA) is 52.6 Å². The molecule has 4 nitrogen and oxygen atoms in total. The van der Waals surface area contributed by atoms with Gasteiger partial charge in [0, 0.05) is 0 Å². The van der Waals surface area contributed by atoms with Crippen LogP contribution in [0.25, 0.3) is 0 Å². The van der Waals surface area contributed by atoms with E-state index in [0.29, 0.717) is 19.3 Å². The third kappa shape index (κ3) is 2.81. The Bertz CT molecular complexity index is 384. The minimum absolute atomic E-state index is 0.345. The van der Waals surface area contributed by atoms with E-state index < -0.39 is 17.4 Å². The molecule has 1 aliphatic carbocycles. The summed E-state index contributed by atoms with van der Waals surface area (Å²) in [6.07, 6.45) is 5.49. The fraction of sp³-hybridized carbons (Fsp3) is 0.571. The highest BCUT2D eigenvalue weighted by molar-refractivity contribution is 6.00. The number of ether oxygens (including phenoxy) is 2. The van der Waals surface area contributed by atoms with Crippen molar-refractivity contribution in [3.63, 3.8) is 0 Å². The molecule has 0 spiro atoms. The summed E-state index contributed by atoms with van der Waals surface area (Å²) in [7, 11) is 2.60. The predicted octanol–water partition coefficient (Wildman–Crippen LogP) is 2.40. The van der Waals surface area contributed by atoms with Gasteiger partial charge in [0.1, 0.15) is 0 Å². The number of carbonyl (C=O) groups excluding carboxylic acids is 2. The molecule has 0 fully saturated rings. The summed E-state index contributed by atoms with van der Waals surface area (Å²) in [5, 5.41) is 0. The lowest BCUT2D eigenvalue weighted by Crippen LogP contribution is -2.42. The Morgan fingerprint density at radius 1 is 1.22 bits per heavy atom. The zero-order valence-electron chi connectivity index (χ0n) is 11.4. The maximum absolute atomic E-state index is 11.9. The van der Waals surface area contributed by atoms with Crippen molar-refractivity contribution in [2.24, 2.45) is 5.41 Å². The van der Waals surface area contributed by atoms with Gasteiger partial charge in [-0.3, -0.25) is 9.59 Å². The predicted molar refractivity (Wildman–Crippen MR) is 67.8 cm³/mol. The van der Waals surface area contributed by atoms with Gasteiger partial charge in [0.05, 0.1) is 14.2 Å². The average molecular weight is 252 g/mol. The highest BCUT2D eigenvalue weighted by Gasteiger charge is 2.49. The standard InChI is InChI=1S/C14H20O4/c1-10(2)8-11-6-5-7-14(9-11,12(15)17-3)13(16)18-4/h6,8H,5,7,9H2,1-4H3. The maximum Gasteiger partial charge on any atom is 0.323 e. The van der Waals surface area contributed by atoms with Crippen molar-refractivity contribution in [2.75, 3.05) is 14.2 Å². The number of carbonyl (C=O) groups is 2. The van der Waals surface area contributed by atoms with Gasteiger partial charge in [0.25, 0.3) is 0 Å². The largest absolute Gasteiger partial charge is 0.468 e. The molecule has 0 unspecified atom stereocenters. The SMILES string of the molecule is COC(=O)C1(C(=O)OC)CCC=C(C=C(C)C)C1. The molecule has 0 radical (unpaired) electrons. The van der Waals surface area contributed by atoms with Gasteiger partial charge in [-0.25, -0.2) is 0 Å². The molecule has 0 aromatic carbocycles. The first kappa shape index (κ1) is 14.5. The number of esters is 2. The van der Waals surface area contributed by atoms with E-state index in [0.717, 1.165) is 11.1 Å². The number of allylic oxidation sites excluding steroid dienone is 4. The Morgan fingerprint density at radius 3 is 2.22 bits per heavy atom. The summed E-state index contributed by atoms with van der Waals surface area (Å²) >= 11 is 0. The van der Waals surface area contributed by atoms with Crippen LogP contribution in [0.1, 0.15) is 33.1 Å². The van der Waals surface area contributed by atoms with Crippen LogP contribution >= 0.6 is 0 Å². The van der Waals surface area contributed by atoms with Gasteiger partial charge < -0.3 is 9.47 Å². The van der Waals surface area contributed by atoms with Crippen LogP contribution in [0.5, 0.6) is 0 Å². The van der Waals surface area contributed by atoms with Crippen LogP contribution in [0.3, 0.4) is 0 Å². The van der Waals surface area contributed by atoms with E-state index in [4.69, 9.17) is 9.47 Å². The molecule has 0 aliphatic heterocycles. The van der Waals surface area contributed by atoms with Crippen molar-refractivity contribution in [3.8, 4) is 0 Å². The fourth-order valence-corrected chi connectivity index (χ4v) is 2.32. The van der Waals surface area contributed by atoms with Gasteiger partial charge in [-0.2, -0.15) is 0 Å². The van der Waals surface area contributed by atoms with Crippen LogP contribution in [0.4, 0.5) is 0 Å². The summed E-state index contributed by atoms with van der Waals surface area (Å²) in [5.74, 6) is -1.02. The average Bonchev–Trinajstić information content (AvgIpc) is 2.36. The fourth-order valence-electron chi connectivity index (χ4n) is 2.32. The van der Waals surface area contributed by atoms with Crippen molar-refractivity contribution < 1.29 is 19.1 Å². The zero-order chi connectivity index (χ0) is 13.8. The molecule has 0 saturated carbocycles. The van der Waals surface area contributed by atoms with E-state index in [1.807, 2.05) is 19.9 Å². The van der Waals surface area contributed by atoms with Crippen LogP contribution in [0.2, 0.25) is 0 Å². The molecule has 0 aromatic rings. The number of hydrogen-bond acceptors (Lipinski definition) is 4. The van der Waals surface area contributed by atoms with Crippen molar-refractivity contribution in [1.82, 2.24) is 0 Å². The van der Waals surface area contributed by atoms with E-state index in [1.54, 1.807) is 0 Å². The Morgan fingerprint density at radius 2 is 1.78 bits per heavy atom. The first-order valence-corrected chi connectivity index (χ1v) is 5.97. The summed E-state index contributed by atoms with van der Waals surface area (Å²) < 4.78 is 9.56. The molecule has 0 aromatic heterocycles. The second kappa shape index (κ2) is 5.85. The molecule has 0 bridgehead atoms. The Hall–Kier alpha value is -1.58. The van der Waals surface area contributed by atoms with Crippen LogP contribution in [-0.2, 0) is 19.1 Å². The van der Waals surface area contributed by atoms with Gasteiger partial charge in [0.15, 0.2) is 5.41 Å². The van der Waals surface area contributed by atoms with Crippen molar-refractivity contribution in [3.05, 3.63) is 23.3 Å². The van der Waals surface area contributed by atoms with Gasteiger partial charge in [-0.1, -0.05) is 23.3 Å². The van der Waals surface area contributed by atoms with E-state index in [-0.39, 0.29) is 0 Å². The third-order valence-corrected chi connectivity index (χ3v) is 3.11. The summed E-state index contributed by atoms with van der Waals surface area (Å²) in [6, 6.07) is 0. The van der Waals surface area contributed by atoms with Gasteiger partial charge in [-0.05, 0) is 33.1 Å². The second-order valence-corrected chi connectivity index (χ2v) is 4.78. The van der Waals surface area contributed by atoms with Crippen molar-refractivity contribution in [1.29, 1.82) is 0 Å². The molecule has 0 atom stereocenters. The first-order valence-electron chi connectivity index (χ1n) is 5.97. The van der Waals surface area contributed by atoms with Crippen LogP contribution in [-0.4, -0.2) is 26.2 Å². The molecule has 4 heteroatoms. The number of hydrogen-bond donors (Lipinski definition) is 0. The minimum Gasteiger partial charge on any atom is -0.468 e. The zero-order valence-corrected chi connectivity index (χ0v) is 11.4. The van der Waals surface area contributed by atoms with E-state index in [2.05, 4.69) is 6.08 Å². The van der Waals surface area contributed by atoms with Gasteiger partial charge >= 0.3 is 11.9 Å². The van der Waals surface area contributed by atoms with Gasteiger partial charge in [-0.15, -0.1) is 0 Å². The van der Waals surface area contributed by atoms with Crippen molar-refractivity contribution >= 4 is 11.9 Å². The Labute approximate surface area is 108 Å². The quantitative estimate of drug-likeness (QED) is 0.571. The molecule has 100 valence electrons. The first-order chi connectivity index (χ1) is 8.46. The molecular weight excluding hydrogens is 232 g/mol. The van der Waals surface area contributed by atoms with E-state index >= 15 is 0 Å². The molecule has 0 saturated heterocycles. The molecular formula is C14H20O4. The Balaban J connectivity index is 3.08. The maximum atomic E-state index is 11.9. The van der Waals surface area contributed by atoms with E-state index in [1.165, 1.54) is 14.2 Å². The molecule has 1 rings (SSSR count). The van der Waals surface area contributed by atoms with Gasteiger partial charge in [0.2, 0.25) is 0 Å². The number of methoxy groups -OCH3 is 2. The minimum atomic E-state index is -1.18. The Kier molecular flexibility index (Phi) is 4.70. The molecule has 0 heterocycles. The highest BCUT2D eigenvalue weighted by atomic mass is 16.5. The lowest BCUT2D eigenvalue weighted by Gasteiger charge is -2.31. The monoisotopic (exact) mass is 252 g/mol. The molecule has 0 amide bonds. The molecule has 18 heavy (non-hydrogen) atoms. The lowest BCUT2D eigenvalue weighted by atomic mass is 9.73. The number of rotatable bonds is 3. The van der Waals surface area contributed by atoms with E-state index in [9.17, 15) is 9.59 Å². The van der Waals surface area contributed by atoms with Crippen molar-refractivity contribution in [2.45, 2.75) is 33.1 Å². The lowest BCUT2D eigenvalue weighted by molar-refractivity contribution is -0.170. The molecule has 0 N–H and O–H groups in total. The summed E-state index contributed by atoms with van der Waals surface area (Å²) in [4.78, 5) is 23.9. The normalized spacial score (nSPS) is 17.4. The second-order valence-electron chi connectivity index (χ2n) is 4.78. The van der Waals surface area contributed by atoms with Crippen LogP contribution in [0.15, 0.2) is 23.3 Å².